The number of rotatable bonds is 8. The van der Waals surface area contributed by atoms with E-state index in [0.29, 0.717) is 51.4 Å². The van der Waals surface area contributed by atoms with Crippen LogP contribution in [0.3, 0.4) is 0 Å². The van der Waals surface area contributed by atoms with Crippen molar-refractivity contribution in [1.29, 1.82) is 0 Å². The van der Waals surface area contributed by atoms with Gasteiger partial charge >= 0.3 is 0 Å². The van der Waals surface area contributed by atoms with Gasteiger partial charge in [-0.15, -0.1) is 0 Å². The highest BCUT2D eigenvalue weighted by molar-refractivity contribution is 7.89. The van der Waals surface area contributed by atoms with E-state index in [4.69, 9.17) is 21.1 Å². The van der Waals surface area contributed by atoms with Gasteiger partial charge in [0, 0.05) is 32.7 Å². The largest absolute Gasteiger partial charge is 0.492 e. The van der Waals surface area contributed by atoms with Crippen LogP contribution >= 0.6 is 11.6 Å². The summed E-state index contributed by atoms with van der Waals surface area (Å²) in [7, 11) is -2.07. The Kier molecular flexibility index (Phi) is 7.69. The monoisotopic (exact) mass is 404 g/mol. The molecule has 2 rings (SSSR count). The van der Waals surface area contributed by atoms with E-state index in [1.54, 1.807) is 13.2 Å². The minimum atomic E-state index is -3.64. The summed E-state index contributed by atoms with van der Waals surface area (Å²) < 4.78 is 37.2. The Morgan fingerprint density at radius 1 is 1.35 bits per heavy atom. The number of carbonyl (C=O) groups excluding carboxylic acids is 1. The fourth-order valence-corrected chi connectivity index (χ4v) is 4.64. The number of amides is 1. The second-order valence-electron chi connectivity index (χ2n) is 5.99. The van der Waals surface area contributed by atoms with Crippen molar-refractivity contribution in [2.24, 2.45) is 5.92 Å². The minimum Gasteiger partial charge on any atom is -0.492 e. The maximum atomic E-state index is 12.8. The van der Waals surface area contributed by atoms with E-state index in [1.165, 1.54) is 16.4 Å². The molecule has 146 valence electrons. The first-order valence-electron chi connectivity index (χ1n) is 8.59. The van der Waals surface area contributed by atoms with Crippen molar-refractivity contribution < 1.29 is 22.7 Å². The Morgan fingerprint density at radius 3 is 2.62 bits per heavy atom. The summed E-state index contributed by atoms with van der Waals surface area (Å²) in [5.41, 5.74) is 0. The Bertz CT molecular complexity index is 718. The topological polar surface area (TPSA) is 84.9 Å². The summed E-state index contributed by atoms with van der Waals surface area (Å²) in [4.78, 5) is 12.2. The number of methoxy groups -OCH3 is 1. The number of ether oxygens (including phenoxy) is 2. The fraction of sp³-hybridized carbons (Fsp3) is 0.588. The molecule has 1 aromatic rings. The van der Waals surface area contributed by atoms with E-state index in [0.717, 1.165) is 0 Å². The third kappa shape index (κ3) is 5.09. The third-order valence-corrected chi connectivity index (χ3v) is 6.46. The molecule has 0 bridgehead atoms. The second-order valence-corrected chi connectivity index (χ2v) is 8.33. The van der Waals surface area contributed by atoms with Crippen LogP contribution in [0.5, 0.6) is 5.75 Å². The molecule has 0 unspecified atom stereocenters. The molecular weight excluding hydrogens is 380 g/mol. The van der Waals surface area contributed by atoms with Crippen LogP contribution in [-0.2, 0) is 19.6 Å². The second kappa shape index (κ2) is 9.55. The van der Waals surface area contributed by atoms with E-state index in [1.807, 2.05) is 6.92 Å². The predicted molar refractivity (Wildman–Crippen MR) is 99.0 cm³/mol. The van der Waals surface area contributed by atoms with Crippen molar-refractivity contribution in [2.45, 2.75) is 24.7 Å². The van der Waals surface area contributed by atoms with Crippen LogP contribution in [0.2, 0.25) is 5.02 Å². The first kappa shape index (κ1) is 21.0. The van der Waals surface area contributed by atoms with Crippen molar-refractivity contribution in [1.82, 2.24) is 9.62 Å². The molecule has 26 heavy (non-hydrogen) atoms. The van der Waals surface area contributed by atoms with Crippen molar-refractivity contribution in [3.8, 4) is 5.75 Å². The molecule has 0 aliphatic carbocycles. The number of benzene rings is 1. The zero-order valence-electron chi connectivity index (χ0n) is 15.0. The van der Waals surface area contributed by atoms with Gasteiger partial charge in [0.15, 0.2) is 0 Å². The Morgan fingerprint density at radius 2 is 2.04 bits per heavy atom. The van der Waals surface area contributed by atoms with Crippen molar-refractivity contribution in [3.63, 3.8) is 0 Å². The van der Waals surface area contributed by atoms with Gasteiger partial charge in [-0.2, -0.15) is 4.31 Å². The van der Waals surface area contributed by atoms with E-state index in [-0.39, 0.29) is 21.7 Å². The van der Waals surface area contributed by atoms with Crippen LogP contribution in [0.4, 0.5) is 0 Å². The van der Waals surface area contributed by atoms with Gasteiger partial charge in [-0.3, -0.25) is 4.79 Å². The third-order valence-electron chi connectivity index (χ3n) is 4.27. The number of halogens is 1. The number of hydrogen-bond acceptors (Lipinski definition) is 5. The van der Waals surface area contributed by atoms with E-state index >= 15 is 0 Å². The lowest BCUT2D eigenvalue weighted by atomic mass is 9.97. The molecule has 1 aliphatic rings. The van der Waals surface area contributed by atoms with E-state index in [9.17, 15) is 13.2 Å². The molecular formula is C17H25ClN2O5S. The average Bonchev–Trinajstić information content (AvgIpc) is 2.63. The predicted octanol–water partition coefficient (Wildman–Crippen LogP) is 1.90. The summed E-state index contributed by atoms with van der Waals surface area (Å²) in [6, 6.07) is 4.47. The molecule has 1 aliphatic heterocycles. The smallest absolute Gasteiger partial charge is 0.243 e. The van der Waals surface area contributed by atoms with Gasteiger partial charge in [0.1, 0.15) is 5.75 Å². The molecule has 1 amide bonds. The van der Waals surface area contributed by atoms with Gasteiger partial charge in [-0.05, 0) is 38.0 Å². The highest BCUT2D eigenvalue weighted by atomic mass is 35.5. The molecule has 0 saturated carbocycles. The van der Waals surface area contributed by atoms with E-state index < -0.39 is 10.0 Å². The van der Waals surface area contributed by atoms with Crippen LogP contribution in [0.1, 0.15) is 19.8 Å². The Balaban J connectivity index is 1.99. The number of nitrogens with zero attached hydrogens (tertiary/aromatic N) is 1. The zero-order valence-corrected chi connectivity index (χ0v) is 16.6. The molecule has 1 fully saturated rings. The lowest BCUT2D eigenvalue weighted by Gasteiger charge is -2.30. The number of nitrogens with one attached hydrogen (secondary N) is 1. The van der Waals surface area contributed by atoms with Gasteiger partial charge in [0.05, 0.1) is 23.1 Å². The number of hydrogen-bond donors (Lipinski definition) is 1. The molecule has 7 nitrogen and oxygen atoms in total. The van der Waals surface area contributed by atoms with Gasteiger partial charge in [0.2, 0.25) is 15.9 Å². The van der Waals surface area contributed by atoms with Crippen molar-refractivity contribution in [3.05, 3.63) is 23.2 Å². The molecule has 1 aromatic carbocycles. The molecule has 0 radical (unpaired) electrons. The molecule has 0 atom stereocenters. The molecule has 1 saturated heterocycles. The van der Waals surface area contributed by atoms with Crippen LogP contribution in [0, 0.1) is 5.92 Å². The quantitative estimate of drug-likeness (QED) is 0.669. The summed E-state index contributed by atoms with van der Waals surface area (Å²) in [6.45, 7) is 3.80. The molecule has 0 aromatic heterocycles. The number of carbonyl (C=O) groups is 1. The lowest BCUT2D eigenvalue weighted by molar-refractivity contribution is -0.126. The first-order chi connectivity index (χ1) is 12.4. The summed E-state index contributed by atoms with van der Waals surface area (Å²) in [5.74, 6) is 0.227. The molecule has 0 spiro atoms. The van der Waals surface area contributed by atoms with Crippen LogP contribution < -0.4 is 10.1 Å². The van der Waals surface area contributed by atoms with Crippen molar-refractivity contribution >= 4 is 27.5 Å². The van der Waals surface area contributed by atoms with Crippen LogP contribution in [-0.4, -0.2) is 58.6 Å². The standard InChI is InChI=1S/C17H25ClN2O5S/c1-3-25-16-5-4-14(12-15(16)18)26(22,23)20-9-6-13(7-10-20)17(21)19-8-11-24-2/h4-5,12-13H,3,6-11H2,1-2H3,(H,19,21). The van der Waals surface area contributed by atoms with Gasteiger partial charge in [0.25, 0.3) is 0 Å². The summed E-state index contributed by atoms with van der Waals surface area (Å²) in [6.07, 6.45) is 0.978. The number of piperidine rings is 1. The Labute approximate surface area is 159 Å². The zero-order chi connectivity index (χ0) is 19.2. The van der Waals surface area contributed by atoms with Gasteiger partial charge in [-0.25, -0.2) is 8.42 Å². The maximum Gasteiger partial charge on any atom is 0.243 e. The van der Waals surface area contributed by atoms with Crippen LogP contribution in [0.25, 0.3) is 0 Å². The average molecular weight is 405 g/mol. The summed E-state index contributed by atoms with van der Waals surface area (Å²) in [5, 5.41) is 3.07. The van der Waals surface area contributed by atoms with E-state index in [2.05, 4.69) is 5.32 Å². The molecule has 9 heteroatoms. The maximum absolute atomic E-state index is 12.8. The van der Waals surface area contributed by atoms with Crippen LogP contribution in [0.15, 0.2) is 23.1 Å². The lowest BCUT2D eigenvalue weighted by Crippen LogP contribution is -2.43. The number of sulfonamides is 1. The molecule has 1 heterocycles. The minimum absolute atomic E-state index is 0.0526. The Hall–Kier alpha value is -1.35. The molecule has 1 N–H and O–H groups in total. The van der Waals surface area contributed by atoms with Gasteiger partial charge < -0.3 is 14.8 Å². The first-order valence-corrected chi connectivity index (χ1v) is 10.4. The highest BCUT2D eigenvalue weighted by Gasteiger charge is 2.32. The SMILES string of the molecule is CCOc1ccc(S(=O)(=O)N2CCC(C(=O)NCCOC)CC2)cc1Cl. The highest BCUT2D eigenvalue weighted by Crippen LogP contribution is 2.30. The normalized spacial score (nSPS) is 16.4. The summed E-state index contributed by atoms with van der Waals surface area (Å²) >= 11 is 6.11. The van der Waals surface area contributed by atoms with Gasteiger partial charge in [-0.1, -0.05) is 11.6 Å². The fourth-order valence-electron chi connectivity index (χ4n) is 2.84. The van der Waals surface area contributed by atoms with Crippen molar-refractivity contribution in [2.75, 3.05) is 40.0 Å².